The van der Waals surface area contributed by atoms with Crippen LogP contribution in [0.25, 0.3) is 6.08 Å². The van der Waals surface area contributed by atoms with Crippen molar-refractivity contribution < 1.29 is 33.2 Å². The van der Waals surface area contributed by atoms with Crippen LogP contribution in [0, 0.1) is 6.92 Å². The number of hydrogen-bond acceptors (Lipinski definition) is 7. The SMILES string of the molecule is COc1ccc(COC2C=CC[C@H](C)OC(=O)c3c(C)cc(OC)cc3/C=C/C[C@@H]3OC(C)(C)O[C@H]23)cc1. The zero-order valence-corrected chi connectivity index (χ0v) is 23.1. The zero-order valence-electron chi connectivity index (χ0n) is 23.1. The van der Waals surface area contributed by atoms with Gasteiger partial charge in [-0.1, -0.05) is 36.4 Å². The standard InChI is InChI=1S/C31H38O7/c1-20-17-25(34-6)18-23-10-8-12-27-29(38-31(3,4)37-27)26(11-7-9-21(2)36-30(32)28(20)23)35-19-22-13-15-24(33-5)16-14-22/h7-8,10-11,13-18,21,26-27,29H,9,12,19H2,1-6H3/b10-8+,11-7?/t21-,26?,27-,29+/m0/s1. The predicted molar refractivity (Wildman–Crippen MR) is 145 cm³/mol. The molecule has 0 aliphatic carbocycles. The molecular weight excluding hydrogens is 484 g/mol. The van der Waals surface area contributed by atoms with Crippen LogP contribution in [0.4, 0.5) is 0 Å². The van der Waals surface area contributed by atoms with Gasteiger partial charge in [-0.2, -0.15) is 0 Å². The molecule has 0 aromatic heterocycles. The van der Waals surface area contributed by atoms with Crippen molar-refractivity contribution in [2.75, 3.05) is 14.2 Å². The molecule has 0 amide bonds. The van der Waals surface area contributed by atoms with Gasteiger partial charge in [0, 0.05) is 6.42 Å². The molecule has 2 aliphatic rings. The number of benzene rings is 2. The smallest absolute Gasteiger partial charge is 0.339 e. The van der Waals surface area contributed by atoms with Gasteiger partial charge in [0.1, 0.15) is 29.8 Å². The van der Waals surface area contributed by atoms with Gasteiger partial charge in [0.15, 0.2) is 5.79 Å². The van der Waals surface area contributed by atoms with E-state index in [9.17, 15) is 4.79 Å². The summed E-state index contributed by atoms with van der Waals surface area (Å²) in [5.74, 6) is 0.374. The molecule has 1 unspecified atom stereocenters. The highest BCUT2D eigenvalue weighted by Crippen LogP contribution is 2.34. The van der Waals surface area contributed by atoms with Crippen LogP contribution in [-0.4, -0.2) is 50.4 Å². The number of aryl methyl sites for hydroxylation is 1. The van der Waals surface area contributed by atoms with Gasteiger partial charge in [-0.05, 0) is 75.1 Å². The maximum Gasteiger partial charge on any atom is 0.339 e. The molecule has 1 saturated heterocycles. The largest absolute Gasteiger partial charge is 0.497 e. The Bertz CT molecular complexity index is 1170. The maximum absolute atomic E-state index is 13.1. The van der Waals surface area contributed by atoms with E-state index in [0.717, 1.165) is 22.4 Å². The molecule has 2 aromatic rings. The average molecular weight is 523 g/mol. The number of cyclic esters (lactones) is 1. The van der Waals surface area contributed by atoms with E-state index in [2.05, 4.69) is 0 Å². The lowest BCUT2D eigenvalue weighted by atomic mass is 9.98. The highest BCUT2D eigenvalue weighted by Gasteiger charge is 2.44. The van der Waals surface area contributed by atoms with E-state index in [1.165, 1.54) is 0 Å². The first kappa shape index (κ1) is 27.9. The summed E-state index contributed by atoms with van der Waals surface area (Å²) in [6.45, 7) is 8.01. The van der Waals surface area contributed by atoms with Crippen molar-refractivity contribution in [3.8, 4) is 11.5 Å². The number of ether oxygens (including phenoxy) is 6. The van der Waals surface area contributed by atoms with E-state index >= 15 is 0 Å². The van der Waals surface area contributed by atoms with Crippen LogP contribution in [0.5, 0.6) is 11.5 Å². The van der Waals surface area contributed by atoms with Crippen LogP contribution in [0.15, 0.2) is 54.6 Å². The number of esters is 1. The second-order valence-electron chi connectivity index (χ2n) is 10.2. The Kier molecular flexibility index (Phi) is 8.92. The summed E-state index contributed by atoms with van der Waals surface area (Å²) < 4.78 is 35.6. The fourth-order valence-corrected chi connectivity index (χ4v) is 4.83. The van der Waals surface area contributed by atoms with Gasteiger partial charge in [0.05, 0.1) is 32.5 Å². The molecule has 0 saturated carbocycles. The number of hydrogen-bond donors (Lipinski definition) is 0. The van der Waals surface area contributed by atoms with Crippen molar-refractivity contribution in [2.45, 2.75) is 77.3 Å². The van der Waals surface area contributed by atoms with Gasteiger partial charge in [0.2, 0.25) is 0 Å². The van der Waals surface area contributed by atoms with Gasteiger partial charge < -0.3 is 28.4 Å². The molecule has 0 spiro atoms. The van der Waals surface area contributed by atoms with Crippen molar-refractivity contribution in [3.63, 3.8) is 0 Å². The Morgan fingerprint density at radius 2 is 1.71 bits per heavy atom. The third-order valence-corrected chi connectivity index (χ3v) is 6.69. The van der Waals surface area contributed by atoms with Crippen LogP contribution in [0.2, 0.25) is 0 Å². The molecule has 0 radical (unpaired) electrons. The van der Waals surface area contributed by atoms with Crippen molar-refractivity contribution in [2.24, 2.45) is 0 Å². The first-order chi connectivity index (χ1) is 18.2. The van der Waals surface area contributed by atoms with Gasteiger partial charge in [-0.3, -0.25) is 0 Å². The molecule has 0 bridgehead atoms. The zero-order chi connectivity index (χ0) is 27.3. The Balaban J connectivity index is 1.63. The number of carbonyl (C=O) groups excluding carboxylic acids is 1. The van der Waals surface area contributed by atoms with Crippen LogP contribution < -0.4 is 9.47 Å². The summed E-state index contributed by atoms with van der Waals surface area (Å²) in [7, 11) is 3.26. The summed E-state index contributed by atoms with van der Waals surface area (Å²) in [4.78, 5) is 13.1. The van der Waals surface area contributed by atoms with E-state index in [-0.39, 0.29) is 30.4 Å². The first-order valence-corrected chi connectivity index (χ1v) is 13.0. The molecule has 204 valence electrons. The molecule has 7 nitrogen and oxygen atoms in total. The normalized spacial score (nSPS) is 26.0. The first-order valence-electron chi connectivity index (χ1n) is 13.0. The molecule has 1 fully saturated rings. The number of fused-ring (bicyclic) bond motifs is 2. The van der Waals surface area contributed by atoms with E-state index in [1.54, 1.807) is 14.2 Å². The maximum atomic E-state index is 13.1. The molecule has 0 N–H and O–H groups in total. The van der Waals surface area contributed by atoms with E-state index in [0.29, 0.717) is 30.8 Å². The molecular formula is C31H38O7. The minimum atomic E-state index is -0.753. The van der Waals surface area contributed by atoms with Crippen LogP contribution in [0.1, 0.15) is 60.7 Å². The van der Waals surface area contributed by atoms with Gasteiger partial charge >= 0.3 is 5.97 Å². The van der Waals surface area contributed by atoms with E-state index in [4.69, 9.17) is 28.4 Å². The second-order valence-corrected chi connectivity index (χ2v) is 10.2. The third kappa shape index (κ3) is 6.84. The minimum Gasteiger partial charge on any atom is -0.497 e. The van der Waals surface area contributed by atoms with E-state index in [1.807, 2.05) is 88.4 Å². The minimum absolute atomic E-state index is 0.241. The number of rotatable bonds is 5. The van der Waals surface area contributed by atoms with Crippen molar-refractivity contribution in [3.05, 3.63) is 76.9 Å². The second kappa shape index (κ2) is 12.2. The van der Waals surface area contributed by atoms with Gasteiger partial charge in [-0.15, -0.1) is 0 Å². The fraction of sp³-hybridized carbons (Fsp3) is 0.452. The topological polar surface area (TPSA) is 72.5 Å². The summed E-state index contributed by atoms with van der Waals surface area (Å²) in [5, 5.41) is 0. The lowest BCUT2D eigenvalue weighted by Crippen LogP contribution is -2.36. The van der Waals surface area contributed by atoms with Crippen molar-refractivity contribution in [1.29, 1.82) is 0 Å². The summed E-state index contributed by atoms with van der Waals surface area (Å²) in [6, 6.07) is 11.5. The summed E-state index contributed by atoms with van der Waals surface area (Å²) in [6.07, 6.45) is 7.78. The lowest BCUT2D eigenvalue weighted by molar-refractivity contribution is -0.156. The number of carbonyl (C=O) groups is 1. The Morgan fingerprint density at radius 3 is 2.42 bits per heavy atom. The summed E-state index contributed by atoms with van der Waals surface area (Å²) in [5.41, 5.74) is 3.11. The molecule has 4 atom stereocenters. The molecule has 2 heterocycles. The van der Waals surface area contributed by atoms with Crippen molar-refractivity contribution >= 4 is 12.0 Å². The average Bonchev–Trinajstić information content (AvgIpc) is 3.19. The quantitative estimate of drug-likeness (QED) is 0.351. The van der Waals surface area contributed by atoms with Crippen LogP contribution >= 0.6 is 0 Å². The van der Waals surface area contributed by atoms with Gasteiger partial charge in [-0.25, -0.2) is 4.79 Å². The molecule has 4 rings (SSSR count). The molecule has 2 aromatic carbocycles. The predicted octanol–water partition coefficient (Wildman–Crippen LogP) is 6.03. The van der Waals surface area contributed by atoms with Crippen LogP contribution in [-0.2, 0) is 25.6 Å². The highest BCUT2D eigenvalue weighted by molar-refractivity contribution is 5.95. The molecule has 38 heavy (non-hydrogen) atoms. The molecule has 7 heteroatoms. The number of methoxy groups -OCH3 is 2. The Hall–Kier alpha value is -3.13. The van der Waals surface area contributed by atoms with Crippen molar-refractivity contribution in [1.82, 2.24) is 0 Å². The molecule has 2 aliphatic heterocycles. The highest BCUT2D eigenvalue weighted by atomic mass is 16.8. The Morgan fingerprint density at radius 1 is 0.974 bits per heavy atom. The van der Waals surface area contributed by atoms with Crippen LogP contribution in [0.3, 0.4) is 0 Å². The summed E-state index contributed by atoms with van der Waals surface area (Å²) >= 11 is 0. The Labute approximate surface area is 225 Å². The fourth-order valence-electron chi connectivity index (χ4n) is 4.83. The van der Waals surface area contributed by atoms with E-state index < -0.39 is 5.79 Å². The van der Waals surface area contributed by atoms with Gasteiger partial charge in [0.25, 0.3) is 0 Å². The lowest BCUT2D eigenvalue weighted by Gasteiger charge is -2.25. The monoisotopic (exact) mass is 522 g/mol. The third-order valence-electron chi connectivity index (χ3n) is 6.69.